The maximum Gasteiger partial charge on any atom is 0.231 e. The lowest BCUT2D eigenvalue weighted by Gasteiger charge is -2.07. The molecule has 0 amide bonds. The molecule has 0 aromatic heterocycles. The van der Waals surface area contributed by atoms with Gasteiger partial charge >= 0.3 is 0 Å². The highest BCUT2D eigenvalue weighted by atomic mass is 16.7. The molecule has 0 atom stereocenters. The molecule has 4 nitrogen and oxygen atoms in total. The number of nitrogens with two attached hydrogens (primary N) is 1. The Balaban J connectivity index is 1.70. The van der Waals surface area contributed by atoms with Gasteiger partial charge in [-0.15, -0.1) is 0 Å². The summed E-state index contributed by atoms with van der Waals surface area (Å²) in [4.78, 5) is 0. The second kappa shape index (κ2) is 4.49. The molecule has 0 unspecified atom stereocenters. The highest BCUT2D eigenvalue weighted by Crippen LogP contribution is 2.35. The SMILES string of the molecule is Nc1cccc(COc2ccc3c(c2)OCO3)c1. The smallest absolute Gasteiger partial charge is 0.231 e. The number of ether oxygens (including phenoxy) is 3. The fourth-order valence-electron chi connectivity index (χ4n) is 1.82. The summed E-state index contributed by atoms with van der Waals surface area (Å²) in [6.45, 7) is 0.749. The zero-order valence-corrected chi connectivity index (χ0v) is 9.76. The Bertz CT molecular complexity index is 569. The van der Waals surface area contributed by atoms with Crippen LogP contribution in [0.15, 0.2) is 42.5 Å². The molecule has 2 aromatic rings. The minimum Gasteiger partial charge on any atom is -0.489 e. The first-order valence-corrected chi connectivity index (χ1v) is 5.68. The van der Waals surface area contributed by atoms with Crippen molar-refractivity contribution in [2.75, 3.05) is 12.5 Å². The van der Waals surface area contributed by atoms with E-state index < -0.39 is 0 Å². The summed E-state index contributed by atoms with van der Waals surface area (Å²) in [5.74, 6) is 2.23. The molecular weight excluding hydrogens is 230 g/mol. The van der Waals surface area contributed by atoms with Crippen LogP contribution >= 0.6 is 0 Å². The van der Waals surface area contributed by atoms with Crippen molar-refractivity contribution in [2.24, 2.45) is 0 Å². The van der Waals surface area contributed by atoms with Gasteiger partial charge in [-0.25, -0.2) is 0 Å². The van der Waals surface area contributed by atoms with Crippen LogP contribution in [-0.2, 0) is 6.61 Å². The van der Waals surface area contributed by atoms with Crippen molar-refractivity contribution in [2.45, 2.75) is 6.61 Å². The number of benzene rings is 2. The summed E-state index contributed by atoms with van der Waals surface area (Å²) < 4.78 is 16.2. The Hall–Kier alpha value is -2.36. The van der Waals surface area contributed by atoms with Crippen molar-refractivity contribution < 1.29 is 14.2 Å². The molecule has 1 aliphatic heterocycles. The third-order valence-electron chi connectivity index (χ3n) is 2.70. The number of nitrogen functional groups attached to an aromatic ring is 1. The van der Waals surface area contributed by atoms with E-state index in [0.29, 0.717) is 6.61 Å². The maximum atomic E-state index is 5.71. The lowest BCUT2D eigenvalue weighted by Crippen LogP contribution is -1.96. The van der Waals surface area contributed by atoms with E-state index in [1.807, 2.05) is 42.5 Å². The van der Waals surface area contributed by atoms with Gasteiger partial charge in [-0.1, -0.05) is 12.1 Å². The molecule has 92 valence electrons. The molecule has 2 aromatic carbocycles. The Kier molecular flexibility index (Phi) is 2.68. The summed E-state index contributed by atoms with van der Waals surface area (Å²) in [6, 6.07) is 13.2. The number of anilines is 1. The molecule has 0 saturated heterocycles. The molecule has 0 bridgehead atoms. The summed E-state index contributed by atoms with van der Waals surface area (Å²) in [6.07, 6.45) is 0. The van der Waals surface area contributed by atoms with Gasteiger partial charge in [-0.3, -0.25) is 0 Å². The Morgan fingerprint density at radius 1 is 1.06 bits per heavy atom. The van der Waals surface area contributed by atoms with Crippen molar-refractivity contribution in [3.63, 3.8) is 0 Å². The Morgan fingerprint density at radius 3 is 2.83 bits per heavy atom. The van der Waals surface area contributed by atoms with Gasteiger partial charge in [0.05, 0.1) is 0 Å². The standard InChI is InChI=1S/C14H13NO3/c15-11-3-1-2-10(6-11)8-16-12-4-5-13-14(7-12)18-9-17-13/h1-7H,8-9,15H2. The molecule has 0 spiro atoms. The van der Waals surface area contributed by atoms with Crippen molar-refractivity contribution in [3.05, 3.63) is 48.0 Å². The Morgan fingerprint density at radius 2 is 1.94 bits per heavy atom. The van der Waals surface area contributed by atoms with E-state index in [1.165, 1.54) is 0 Å². The summed E-state index contributed by atoms with van der Waals surface area (Å²) in [5, 5.41) is 0. The normalized spacial score (nSPS) is 12.4. The van der Waals surface area contributed by atoms with Crippen molar-refractivity contribution >= 4 is 5.69 Å². The summed E-state index contributed by atoms with van der Waals surface area (Å²) >= 11 is 0. The number of fused-ring (bicyclic) bond motifs is 1. The van der Waals surface area contributed by atoms with Crippen LogP contribution < -0.4 is 19.9 Å². The van der Waals surface area contributed by atoms with Gasteiger partial charge in [0.25, 0.3) is 0 Å². The van der Waals surface area contributed by atoms with Crippen molar-refractivity contribution in [1.29, 1.82) is 0 Å². The van der Waals surface area contributed by atoms with Crippen LogP contribution in [0.3, 0.4) is 0 Å². The van der Waals surface area contributed by atoms with Crippen LogP contribution in [0.2, 0.25) is 0 Å². The second-order valence-corrected chi connectivity index (χ2v) is 4.05. The molecule has 1 heterocycles. The summed E-state index contributed by atoms with van der Waals surface area (Å²) in [7, 11) is 0. The molecule has 0 aliphatic carbocycles. The highest BCUT2D eigenvalue weighted by Gasteiger charge is 2.13. The average molecular weight is 243 g/mol. The maximum absolute atomic E-state index is 5.71. The topological polar surface area (TPSA) is 53.7 Å². The first-order chi connectivity index (χ1) is 8.81. The van der Waals surface area contributed by atoms with E-state index in [1.54, 1.807) is 0 Å². The van der Waals surface area contributed by atoms with Crippen LogP contribution in [-0.4, -0.2) is 6.79 Å². The lowest BCUT2D eigenvalue weighted by molar-refractivity contribution is 0.173. The molecule has 1 aliphatic rings. The molecule has 4 heteroatoms. The van der Waals surface area contributed by atoms with E-state index >= 15 is 0 Å². The number of rotatable bonds is 3. The van der Waals surface area contributed by atoms with Crippen LogP contribution in [0.25, 0.3) is 0 Å². The first-order valence-electron chi connectivity index (χ1n) is 5.68. The van der Waals surface area contributed by atoms with Gasteiger partial charge in [0.2, 0.25) is 6.79 Å². The van der Waals surface area contributed by atoms with Gasteiger partial charge in [-0.05, 0) is 29.8 Å². The van der Waals surface area contributed by atoms with Gasteiger partial charge in [0.1, 0.15) is 12.4 Å². The molecule has 0 fully saturated rings. The largest absolute Gasteiger partial charge is 0.489 e. The first kappa shape index (κ1) is 10.8. The van der Waals surface area contributed by atoms with Gasteiger partial charge < -0.3 is 19.9 Å². The van der Waals surface area contributed by atoms with E-state index in [0.717, 1.165) is 28.5 Å². The molecule has 3 rings (SSSR count). The van der Waals surface area contributed by atoms with Crippen LogP contribution in [0.4, 0.5) is 5.69 Å². The van der Waals surface area contributed by atoms with Gasteiger partial charge in [0.15, 0.2) is 11.5 Å². The van der Waals surface area contributed by atoms with E-state index in [-0.39, 0.29) is 6.79 Å². The molecule has 0 radical (unpaired) electrons. The average Bonchev–Trinajstić information content (AvgIpc) is 2.84. The van der Waals surface area contributed by atoms with Crippen LogP contribution in [0, 0.1) is 0 Å². The van der Waals surface area contributed by atoms with Crippen molar-refractivity contribution in [3.8, 4) is 17.2 Å². The minimum absolute atomic E-state index is 0.272. The Labute approximate surface area is 105 Å². The van der Waals surface area contributed by atoms with Crippen LogP contribution in [0.1, 0.15) is 5.56 Å². The van der Waals surface area contributed by atoms with Gasteiger partial charge in [0, 0.05) is 11.8 Å². The van der Waals surface area contributed by atoms with E-state index in [2.05, 4.69) is 0 Å². The predicted molar refractivity (Wildman–Crippen MR) is 67.8 cm³/mol. The van der Waals surface area contributed by atoms with Gasteiger partial charge in [-0.2, -0.15) is 0 Å². The monoisotopic (exact) mass is 243 g/mol. The lowest BCUT2D eigenvalue weighted by atomic mass is 10.2. The van der Waals surface area contributed by atoms with Crippen molar-refractivity contribution in [1.82, 2.24) is 0 Å². The predicted octanol–water partition coefficient (Wildman–Crippen LogP) is 2.58. The molecule has 0 saturated carbocycles. The third kappa shape index (κ3) is 2.18. The molecular formula is C14H13NO3. The number of hydrogen-bond donors (Lipinski definition) is 1. The quantitative estimate of drug-likeness (QED) is 0.842. The van der Waals surface area contributed by atoms with Crippen LogP contribution in [0.5, 0.6) is 17.2 Å². The minimum atomic E-state index is 0.272. The third-order valence-corrected chi connectivity index (χ3v) is 2.70. The number of hydrogen-bond acceptors (Lipinski definition) is 4. The molecule has 2 N–H and O–H groups in total. The van der Waals surface area contributed by atoms with E-state index in [4.69, 9.17) is 19.9 Å². The fraction of sp³-hybridized carbons (Fsp3) is 0.143. The summed E-state index contributed by atoms with van der Waals surface area (Å²) in [5.41, 5.74) is 7.48. The zero-order chi connectivity index (χ0) is 12.4. The fourth-order valence-corrected chi connectivity index (χ4v) is 1.82. The second-order valence-electron chi connectivity index (χ2n) is 4.05. The van der Waals surface area contributed by atoms with E-state index in [9.17, 15) is 0 Å². The molecule has 18 heavy (non-hydrogen) atoms. The zero-order valence-electron chi connectivity index (χ0n) is 9.76. The highest BCUT2D eigenvalue weighted by molar-refractivity contribution is 5.47.